The number of carbonyl (C=O) groups excluding carboxylic acids is 3. The Morgan fingerprint density at radius 1 is 0.714 bits per heavy atom. The van der Waals surface area contributed by atoms with Crippen LogP contribution < -0.4 is 0 Å². The zero-order valence-corrected chi connectivity index (χ0v) is 23.3. The van der Waals surface area contributed by atoms with Gasteiger partial charge in [-0.2, -0.15) is 0 Å². The molecule has 0 N–H and O–H groups in total. The van der Waals surface area contributed by atoms with Gasteiger partial charge in [-0.15, -0.1) is 0 Å². The van der Waals surface area contributed by atoms with E-state index in [1.165, 1.54) is 0 Å². The van der Waals surface area contributed by atoms with Gasteiger partial charge in [-0.05, 0) is 86.0 Å². The third kappa shape index (κ3) is 5.64. The van der Waals surface area contributed by atoms with E-state index >= 15 is 0 Å². The Labute approximate surface area is 211 Å². The van der Waals surface area contributed by atoms with Crippen LogP contribution in [0, 0.1) is 16.7 Å². The lowest BCUT2D eigenvalue weighted by Crippen LogP contribution is -2.68. The first kappa shape index (κ1) is 27.8. The number of hydrogen-bond donors (Lipinski definition) is 0. The second-order valence-corrected chi connectivity index (χ2v) is 13.4. The van der Waals surface area contributed by atoms with Crippen LogP contribution in [0.4, 0.5) is 4.79 Å². The molecule has 0 aliphatic heterocycles. The number of ether oxygens (including phenoxy) is 4. The molecule has 4 aliphatic carbocycles. The van der Waals surface area contributed by atoms with Crippen LogP contribution >= 0.6 is 0 Å². The lowest BCUT2D eigenvalue weighted by atomic mass is 9.46. The van der Waals surface area contributed by atoms with Gasteiger partial charge in [-0.25, -0.2) is 4.79 Å². The summed E-state index contributed by atoms with van der Waals surface area (Å²) in [5, 5.41) is 0. The molecule has 4 rings (SSSR count). The van der Waals surface area contributed by atoms with Gasteiger partial charge in [0.2, 0.25) is 0 Å². The van der Waals surface area contributed by atoms with E-state index in [1.807, 2.05) is 62.3 Å². The highest BCUT2D eigenvalue weighted by Gasteiger charge is 2.70. The highest BCUT2D eigenvalue weighted by Crippen LogP contribution is 2.66. The molecular formula is C28H46O7. The van der Waals surface area contributed by atoms with Gasteiger partial charge in [0.1, 0.15) is 22.4 Å². The molecule has 4 fully saturated rings. The van der Waals surface area contributed by atoms with E-state index in [1.54, 1.807) is 0 Å². The smallest absolute Gasteiger partial charge is 0.459 e. The van der Waals surface area contributed by atoms with Crippen LogP contribution in [0.3, 0.4) is 0 Å². The zero-order chi connectivity index (χ0) is 26.5. The minimum Gasteiger partial charge on any atom is -0.459 e. The Kier molecular flexibility index (Phi) is 7.11. The second-order valence-electron chi connectivity index (χ2n) is 13.4. The van der Waals surface area contributed by atoms with Crippen molar-refractivity contribution in [2.75, 3.05) is 0 Å². The average Bonchev–Trinajstić information content (AvgIpc) is 2.71. The first-order valence-electron chi connectivity index (χ1n) is 13.3. The van der Waals surface area contributed by atoms with Crippen molar-refractivity contribution < 1.29 is 33.3 Å². The minimum atomic E-state index is -0.924. The van der Waals surface area contributed by atoms with Gasteiger partial charge in [-0.1, -0.05) is 20.8 Å². The molecule has 0 aromatic carbocycles. The number of rotatable bonds is 9. The Bertz CT molecular complexity index is 859. The van der Waals surface area contributed by atoms with E-state index in [0.717, 1.165) is 0 Å². The molecule has 200 valence electrons. The fourth-order valence-electron chi connectivity index (χ4n) is 6.12. The predicted molar refractivity (Wildman–Crippen MR) is 132 cm³/mol. The number of carbonyl (C=O) groups is 3. The van der Waals surface area contributed by atoms with Crippen molar-refractivity contribution in [1.29, 1.82) is 0 Å². The van der Waals surface area contributed by atoms with Crippen molar-refractivity contribution >= 4 is 18.1 Å². The standard InChI is InChI=1S/C28H46O7/c1-10-23(4,5)20(29)33-27-14-19-13-26(16-27,21(30)32-24(6,7)11-2)17-28(15-19,18-27)35-22(31)34-25(8,9)12-3/h19H,10-18H2,1-9H3. The summed E-state index contributed by atoms with van der Waals surface area (Å²) in [6, 6.07) is 0. The van der Waals surface area contributed by atoms with Crippen LogP contribution in [0.15, 0.2) is 0 Å². The van der Waals surface area contributed by atoms with E-state index in [-0.39, 0.29) is 17.9 Å². The summed E-state index contributed by atoms with van der Waals surface area (Å²) in [4.78, 5) is 39.8. The predicted octanol–water partition coefficient (Wildman–Crippen LogP) is 6.50. The lowest BCUT2D eigenvalue weighted by molar-refractivity contribution is -0.257. The van der Waals surface area contributed by atoms with Gasteiger partial charge in [0.05, 0.1) is 10.8 Å². The maximum Gasteiger partial charge on any atom is 0.509 e. The summed E-state index contributed by atoms with van der Waals surface area (Å²) in [5.41, 5.74) is -4.55. The summed E-state index contributed by atoms with van der Waals surface area (Å²) < 4.78 is 24.0. The van der Waals surface area contributed by atoms with E-state index in [2.05, 4.69) is 0 Å². The molecule has 35 heavy (non-hydrogen) atoms. The summed E-state index contributed by atoms with van der Waals surface area (Å²) in [7, 11) is 0. The molecule has 7 heteroatoms. The van der Waals surface area contributed by atoms with Crippen molar-refractivity contribution in [2.24, 2.45) is 16.7 Å². The van der Waals surface area contributed by atoms with Crippen molar-refractivity contribution in [3.8, 4) is 0 Å². The molecule has 4 aliphatic rings. The van der Waals surface area contributed by atoms with Crippen LogP contribution in [0.5, 0.6) is 0 Å². The normalized spacial score (nSPS) is 32.2. The molecule has 0 heterocycles. The van der Waals surface area contributed by atoms with Gasteiger partial charge >= 0.3 is 18.1 Å². The van der Waals surface area contributed by atoms with Crippen LogP contribution in [0.2, 0.25) is 0 Å². The number of hydrogen-bond acceptors (Lipinski definition) is 7. The highest BCUT2D eigenvalue weighted by molar-refractivity contribution is 5.80. The first-order valence-corrected chi connectivity index (χ1v) is 13.3. The molecule has 0 radical (unpaired) electrons. The fraction of sp³-hybridized carbons (Fsp3) is 0.893. The van der Waals surface area contributed by atoms with Crippen LogP contribution in [0.25, 0.3) is 0 Å². The summed E-state index contributed by atoms with van der Waals surface area (Å²) >= 11 is 0. The highest BCUT2D eigenvalue weighted by atomic mass is 16.7. The third-order valence-corrected chi connectivity index (χ3v) is 8.88. The van der Waals surface area contributed by atoms with E-state index < -0.39 is 39.4 Å². The molecule has 0 amide bonds. The Morgan fingerprint density at radius 2 is 1.23 bits per heavy atom. The van der Waals surface area contributed by atoms with E-state index in [4.69, 9.17) is 18.9 Å². The Morgan fingerprint density at radius 3 is 1.74 bits per heavy atom. The summed E-state index contributed by atoms with van der Waals surface area (Å²) in [6.07, 6.45) is 4.36. The van der Waals surface area contributed by atoms with Crippen molar-refractivity contribution in [2.45, 2.75) is 143 Å². The Hall–Kier alpha value is -1.79. The third-order valence-electron chi connectivity index (χ3n) is 8.88. The molecular weight excluding hydrogens is 448 g/mol. The monoisotopic (exact) mass is 494 g/mol. The first-order chi connectivity index (χ1) is 15.9. The maximum absolute atomic E-state index is 13.7. The van der Waals surface area contributed by atoms with Gasteiger partial charge in [-0.3, -0.25) is 9.59 Å². The zero-order valence-electron chi connectivity index (χ0n) is 23.3. The van der Waals surface area contributed by atoms with Gasteiger partial charge < -0.3 is 18.9 Å². The van der Waals surface area contributed by atoms with Crippen LogP contribution in [-0.4, -0.2) is 40.5 Å². The topological polar surface area (TPSA) is 88.1 Å². The average molecular weight is 495 g/mol. The van der Waals surface area contributed by atoms with Crippen molar-refractivity contribution in [3.05, 3.63) is 0 Å². The molecule has 0 aromatic rings. The molecule has 4 saturated carbocycles. The molecule has 4 unspecified atom stereocenters. The summed E-state index contributed by atoms with van der Waals surface area (Å²) in [5.74, 6) is -0.462. The largest absolute Gasteiger partial charge is 0.509 e. The quantitative estimate of drug-likeness (QED) is 0.267. The van der Waals surface area contributed by atoms with Crippen LogP contribution in [-0.2, 0) is 28.5 Å². The Balaban J connectivity index is 1.96. The van der Waals surface area contributed by atoms with Gasteiger partial charge in [0.25, 0.3) is 0 Å². The maximum atomic E-state index is 13.7. The molecule has 4 atom stereocenters. The summed E-state index contributed by atoms with van der Waals surface area (Å²) in [6.45, 7) is 17.1. The van der Waals surface area contributed by atoms with Crippen LogP contribution in [0.1, 0.15) is 120 Å². The molecule has 0 spiro atoms. The van der Waals surface area contributed by atoms with E-state index in [9.17, 15) is 14.4 Å². The fourth-order valence-corrected chi connectivity index (χ4v) is 6.12. The minimum absolute atomic E-state index is 0.0908. The van der Waals surface area contributed by atoms with Crippen molar-refractivity contribution in [3.63, 3.8) is 0 Å². The molecule has 0 saturated heterocycles. The second kappa shape index (κ2) is 8.95. The lowest BCUT2D eigenvalue weighted by Gasteiger charge is -2.63. The van der Waals surface area contributed by atoms with E-state index in [0.29, 0.717) is 57.8 Å². The molecule has 4 bridgehead atoms. The van der Waals surface area contributed by atoms with Crippen molar-refractivity contribution in [1.82, 2.24) is 0 Å². The molecule has 7 nitrogen and oxygen atoms in total. The number of esters is 2. The SMILES string of the molecule is CCC(C)(C)OC(=O)OC12CC3CC(OC(=O)C(C)(C)CC)(C1)CC(C(=O)OC(C)(C)CC)(C3)C2. The van der Waals surface area contributed by atoms with Gasteiger partial charge in [0.15, 0.2) is 0 Å². The van der Waals surface area contributed by atoms with Gasteiger partial charge in [0, 0.05) is 19.3 Å². The molecule has 0 aromatic heterocycles.